The molecule has 140 valence electrons. The van der Waals surface area contributed by atoms with Crippen molar-refractivity contribution in [2.75, 3.05) is 0 Å². The standard InChI is InChI=1S/C19H9ClF3N3OS/c20-15-10-6-5-9(19(21,22)23)7-14(10)28-17(15)16(27)11(8-24)18-25-12-3-1-2-4-13(12)26-18/h1-7,11H,(H,25,26). The van der Waals surface area contributed by atoms with Crippen LogP contribution in [-0.2, 0) is 6.18 Å². The fourth-order valence-electron chi connectivity index (χ4n) is 2.88. The normalized spacial score (nSPS) is 13.0. The first-order valence-electron chi connectivity index (χ1n) is 7.97. The summed E-state index contributed by atoms with van der Waals surface area (Å²) in [5.74, 6) is -1.69. The molecule has 0 radical (unpaired) electrons. The minimum absolute atomic E-state index is 0.0306. The molecule has 0 saturated carbocycles. The van der Waals surface area contributed by atoms with Crippen molar-refractivity contribution in [1.29, 1.82) is 5.26 Å². The number of thiophene rings is 1. The fraction of sp³-hybridized carbons (Fsp3) is 0.105. The van der Waals surface area contributed by atoms with Gasteiger partial charge in [-0.05, 0) is 24.3 Å². The van der Waals surface area contributed by atoms with Crippen LogP contribution in [-0.4, -0.2) is 15.8 Å². The molecular weight excluding hydrogens is 411 g/mol. The summed E-state index contributed by atoms with van der Waals surface area (Å²) in [6, 6.07) is 12.1. The third-order valence-corrected chi connectivity index (χ3v) is 5.92. The molecule has 0 amide bonds. The molecule has 0 fully saturated rings. The van der Waals surface area contributed by atoms with Crippen LogP contribution in [0.5, 0.6) is 0 Å². The van der Waals surface area contributed by atoms with Gasteiger partial charge in [0.25, 0.3) is 0 Å². The summed E-state index contributed by atoms with van der Waals surface area (Å²) in [6.07, 6.45) is -4.50. The van der Waals surface area contributed by atoms with Crippen LogP contribution in [0.4, 0.5) is 13.2 Å². The maximum Gasteiger partial charge on any atom is 0.416 e. The summed E-state index contributed by atoms with van der Waals surface area (Å²) in [6.45, 7) is 0. The van der Waals surface area contributed by atoms with Gasteiger partial charge < -0.3 is 4.98 Å². The molecule has 0 aliphatic rings. The van der Waals surface area contributed by atoms with Crippen LogP contribution in [0, 0.1) is 11.3 Å². The van der Waals surface area contributed by atoms with E-state index in [1.165, 1.54) is 6.07 Å². The number of H-pyrrole nitrogens is 1. The van der Waals surface area contributed by atoms with Crippen molar-refractivity contribution >= 4 is 49.8 Å². The quantitative estimate of drug-likeness (QED) is 0.418. The zero-order chi connectivity index (χ0) is 20.1. The Balaban J connectivity index is 1.78. The number of imidazole rings is 1. The third-order valence-electron chi connectivity index (χ3n) is 4.25. The van der Waals surface area contributed by atoms with Gasteiger partial charge in [0.15, 0.2) is 11.7 Å². The van der Waals surface area contributed by atoms with Crippen molar-refractivity contribution in [3.63, 3.8) is 0 Å². The highest BCUT2D eigenvalue weighted by molar-refractivity contribution is 7.21. The Morgan fingerprint density at radius 1 is 1.25 bits per heavy atom. The molecule has 0 spiro atoms. The van der Waals surface area contributed by atoms with Gasteiger partial charge in [-0.3, -0.25) is 4.79 Å². The number of aromatic nitrogens is 2. The van der Waals surface area contributed by atoms with Crippen molar-refractivity contribution in [3.05, 3.63) is 63.8 Å². The Kier molecular flexibility index (Phi) is 4.37. The average molecular weight is 420 g/mol. The molecule has 2 aromatic carbocycles. The van der Waals surface area contributed by atoms with Crippen LogP contribution in [0.25, 0.3) is 21.1 Å². The molecule has 0 bridgehead atoms. The molecule has 2 aromatic heterocycles. The molecule has 9 heteroatoms. The predicted molar refractivity (Wildman–Crippen MR) is 101 cm³/mol. The van der Waals surface area contributed by atoms with E-state index in [0.29, 0.717) is 16.4 Å². The van der Waals surface area contributed by atoms with Gasteiger partial charge in [0.1, 0.15) is 5.82 Å². The second-order valence-corrected chi connectivity index (χ2v) is 7.45. The highest BCUT2D eigenvalue weighted by atomic mass is 35.5. The van der Waals surface area contributed by atoms with Crippen molar-refractivity contribution in [2.24, 2.45) is 0 Å². The number of aromatic amines is 1. The summed E-state index contributed by atoms with van der Waals surface area (Å²) in [4.78, 5) is 20.2. The third kappa shape index (κ3) is 3.03. The maximum absolute atomic E-state index is 12.9. The van der Waals surface area contributed by atoms with Gasteiger partial charge in [-0.15, -0.1) is 11.3 Å². The summed E-state index contributed by atoms with van der Waals surface area (Å²) in [5.41, 5.74) is 0.441. The van der Waals surface area contributed by atoms with E-state index in [1.807, 2.05) is 6.07 Å². The van der Waals surface area contributed by atoms with Crippen molar-refractivity contribution in [3.8, 4) is 6.07 Å². The molecule has 0 aliphatic carbocycles. The molecular formula is C19H9ClF3N3OS. The topological polar surface area (TPSA) is 69.5 Å². The number of para-hydroxylation sites is 2. The van der Waals surface area contributed by atoms with Crippen LogP contribution in [0.3, 0.4) is 0 Å². The lowest BCUT2D eigenvalue weighted by molar-refractivity contribution is -0.137. The van der Waals surface area contributed by atoms with Crippen LogP contribution in [0.1, 0.15) is 27.0 Å². The Morgan fingerprint density at radius 3 is 2.68 bits per heavy atom. The molecule has 0 aliphatic heterocycles. The SMILES string of the molecule is N#CC(C(=O)c1sc2cc(C(F)(F)F)ccc2c1Cl)c1nc2ccccc2[nH]1. The Morgan fingerprint density at radius 2 is 2.00 bits per heavy atom. The number of nitriles is 1. The van der Waals surface area contributed by atoms with Crippen molar-refractivity contribution < 1.29 is 18.0 Å². The van der Waals surface area contributed by atoms with Gasteiger partial charge >= 0.3 is 6.18 Å². The van der Waals surface area contributed by atoms with Gasteiger partial charge in [0.05, 0.1) is 32.6 Å². The lowest BCUT2D eigenvalue weighted by Gasteiger charge is -2.05. The summed E-state index contributed by atoms with van der Waals surface area (Å²) in [5, 5.41) is 9.91. The van der Waals surface area contributed by atoms with Crippen LogP contribution < -0.4 is 0 Å². The van der Waals surface area contributed by atoms with E-state index in [9.17, 15) is 23.2 Å². The van der Waals surface area contributed by atoms with E-state index in [0.717, 1.165) is 23.5 Å². The second-order valence-electron chi connectivity index (χ2n) is 6.02. The van der Waals surface area contributed by atoms with E-state index in [2.05, 4.69) is 9.97 Å². The minimum Gasteiger partial charge on any atom is -0.340 e. The van der Waals surface area contributed by atoms with Gasteiger partial charge in [-0.25, -0.2) is 4.98 Å². The van der Waals surface area contributed by atoms with E-state index in [1.54, 1.807) is 24.3 Å². The molecule has 1 N–H and O–H groups in total. The van der Waals surface area contributed by atoms with E-state index in [4.69, 9.17) is 11.6 Å². The molecule has 1 atom stereocenters. The maximum atomic E-state index is 12.9. The number of ketones is 1. The van der Waals surface area contributed by atoms with E-state index < -0.39 is 23.4 Å². The number of rotatable bonds is 3. The number of hydrogen-bond acceptors (Lipinski definition) is 4. The average Bonchev–Trinajstić information content (AvgIpc) is 3.22. The number of fused-ring (bicyclic) bond motifs is 2. The van der Waals surface area contributed by atoms with E-state index >= 15 is 0 Å². The fourth-order valence-corrected chi connectivity index (χ4v) is 4.42. The minimum atomic E-state index is -4.50. The number of Topliss-reactive ketones (excluding diaryl/α,β-unsaturated/α-hetero) is 1. The Hall–Kier alpha value is -2.89. The molecule has 4 nitrogen and oxygen atoms in total. The number of nitrogens with zero attached hydrogens (tertiary/aromatic N) is 2. The van der Waals surface area contributed by atoms with Crippen LogP contribution >= 0.6 is 22.9 Å². The lowest BCUT2D eigenvalue weighted by Crippen LogP contribution is -2.11. The van der Waals surface area contributed by atoms with Gasteiger partial charge in [0, 0.05) is 10.1 Å². The summed E-state index contributed by atoms with van der Waals surface area (Å²) < 4.78 is 39.0. The first-order chi connectivity index (χ1) is 13.3. The summed E-state index contributed by atoms with van der Waals surface area (Å²) >= 11 is 7.09. The molecule has 1 unspecified atom stereocenters. The number of nitrogens with one attached hydrogen (secondary N) is 1. The Labute approximate surface area is 165 Å². The highest BCUT2D eigenvalue weighted by Crippen LogP contribution is 2.40. The number of carbonyl (C=O) groups is 1. The summed E-state index contributed by atoms with van der Waals surface area (Å²) in [7, 11) is 0. The van der Waals surface area contributed by atoms with Crippen molar-refractivity contribution in [2.45, 2.75) is 12.1 Å². The van der Waals surface area contributed by atoms with Crippen molar-refractivity contribution in [1.82, 2.24) is 9.97 Å². The molecule has 28 heavy (non-hydrogen) atoms. The number of benzene rings is 2. The lowest BCUT2D eigenvalue weighted by atomic mass is 10.0. The Bertz CT molecular complexity index is 1240. The van der Waals surface area contributed by atoms with Gasteiger partial charge in [-0.1, -0.05) is 29.8 Å². The highest BCUT2D eigenvalue weighted by Gasteiger charge is 2.32. The van der Waals surface area contributed by atoms with Gasteiger partial charge in [0.2, 0.25) is 0 Å². The predicted octanol–water partition coefficient (Wildman–Crippen LogP) is 5.94. The number of carbonyl (C=O) groups excluding carboxylic acids is 1. The monoisotopic (exact) mass is 419 g/mol. The zero-order valence-corrected chi connectivity index (χ0v) is 15.4. The van der Waals surface area contributed by atoms with Gasteiger partial charge in [-0.2, -0.15) is 18.4 Å². The smallest absolute Gasteiger partial charge is 0.340 e. The molecule has 2 heterocycles. The zero-order valence-electron chi connectivity index (χ0n) is 13.8. The molecule has 4 aromatic rings. The first-order valence-corrected chi connectivity index (χ1v) is 9.16. The van der Waals surface area contributed by atoms with Crippen LogP contribution in [0.15, 0.2) is 42.5 Å². The second kappa shape index (κ2) is 6.62. The number of halogens is 4. The number of alkyl halides is 3. The number of hydrogen-bond donors (Lipinski definition) is 1. The van der Waals surface area contributed by atoms with E-state index in [-0.39, 0.29) is 20.4 Å². The largest absolute Gasteiger partial charge is 0.416 e. The molecule has 0 saturated heterocycles. The first kappa shape index (κ1) is 18.5. The van der Waals surface area contributed by atoms with Crippen LogP contribution in [0.2, 0.25) is 5.02 Å². The molecule has 4 rings (SSSR count).